The number of methoxy groups -OCH3 is 1. The molecule has 24 heavy (non-hydrogen) atoms. The van der Waals surface area contributed by atoms with Crippen molar-refractivity contribution in [2.24, 2.45) is 5.92 Å². The van der Waals surface area contributed by atoms with Gasteiger partial charge >= 0.3 is 0 Å². The number of ether oxygens (including phenoxy) is 1. The molecule has 1 N–H and O–H groups in total. The molecule has 5 nitrogen and oxygen atoms in total. The van der Waals surface area contributed by atoms with Crippen LogP contribution in [0.1, 0.15) is 17.2 Å². The largest absolute Gasteiger partial charge is 0.497 e. The maximum absolute atomic E-state index is 12.6. The summed E-state index contributed by atoms with van der Waals surface area (Å²) in [5.41, 5.74) is 1.87. The number of carbonyl (C=O) groups is 1. The molecule has 1 amide bonds. The van der Waals surface area contributed by atoms with Gasteiger partial charge in [-0.3, -0.25) is 9.78 Å². The lowest BCUT2D eigenvalue weighted by atomic mass is 9.93. The van der Waals surface area contributed by atoms with Gasteiger partial charge in [0.15, 0.2) is 0 Å². The molecule has 2 atom stereocenters. The lowest BCUT2D eigenvalue weighted by molar-refractivity contribution is -0.129. The van der Waals surface area contributed by atoms with E-state index >= 15 is 0 Å². The van der Waals surface area contributed by atoms with E-state index in [9.17, 15) is 9.90 Å². The molecule has 1 aliphatic rings. The number of hydrogen-bond acceptors (Lipinski definition) is 4. The van der Waals surface area contributed by atoms with Crippen LogP contribution < -0.4 is 4.74 Å². The minimum absolute atomic E-state index is 0.0363. The fraction of sp³-hybridized carbons (Fsp3) is 0.368. The summed E-state index contributed by atoms with van der Waals surface area (Å²) in [6, 6.07) is 13.3. The van der Waals surface area contributed by atoms with Gasteiger partial charge in [-0.05, 0) is 29.8 Å². The molecule has 0 aliphatic carbocycles. The normalized spacial score (nSPS) is 20.2. The highest BCUT2D eigenvalue weighted by molar-refractivity contribution is 5.79. The number of hydrogen-bond donors (Lipinski definition) is 1. The number of likely N-dealkylation sites (tertiary alicyclic amines) is 1. The van der Waals surface area contributed by atoms with Crippen molar-refractivity contribution < 1.29 is 14.6 Å². The predicted octanol–water partition coefficient (Wildman–Crippen LogP) is 1.87. The van der Waals surface area contributed by atoms with Gasteiger partial charge in [0.05, 0.1) is 13.5 Å². The van der Waals surface area contributed by atoms with Crippen LogP contribution in [0.25, 0.3) is 0 Å². The minimum Gasteiger partial charge on any atom is -0.497 e. The first-order chi connectivity index (χ1) is 11.7. The fourth-order valence-electron chi connectivity index (χ4n) is 3.26. The Bertz CT molecular complexity index is 690. The summed E-state index contributed by atoms with van der Waals surface area (Å²) in [5.74, 6) is 0.945. The van der Waals surface area contributed by atoms with Crippen molar-refractivity contribution in [3.8, 4) is 5.75 Å². The molecule has 126 valence electrons. The molecule has 0 unspecified atom stereocenters. The van der Waals surface area contributed by atoms with Crippen LogP contribution in [0.4, 0.5) is 0 Å². The number of aliphatic hydroxyl groups excluding tert-OH is 1. The standard InChI is InChI=1S/C19H22N2O3/c1-24-16-6-4-5-14(9-16)10-19(23)21-11-15(13-22)17(12-21)18-7-2-3-8-20-18/h2-9,15,17,22H,10-13H2,1H3/t15-,17+/m0/s1. The van der Waals surface area contributed by atoms with Crippen LogP contribution in [-0.2, 0) is 11.2 Å². The van der Waals surface area contributed by atoms with Crippen molar-refractivity contribution in [1.29, 1.82) is 0 Å². The summed E-state index contributed by atoms with van der Waals surface area (Å²) in [7, 11) is 1.62. The van der Waals surface area contributed by atoms with Crippen LogP contribution in [0.15, 0.2) is 48.7 Å². The molecule has 5 heteroatoms. The van der Waals surface area contributed by atoms with Crippen LogP contribution in [0, 0.1) is 5.92 Å². The zero-order valence-corrected chi connectivity index (χ0v) is 13.8. The number of amides is 1. The van der Waals surface area contributed by atoms with E-state index in [-0.39, 0.29) is 24.3 Å². The Labute approximate surface area is 141 Å². The average molecular weight is 326 g/mol. The first-order valence-electron chi connectivity index (χ1n) is 8.13. The molecule has 0 bridgehead atoms. The summed E-state index contributed by atoms with van der Waals surface area (Å²) in [4.78, 5) is 18.9. The highest BCUT2D eigenvalue weighted by atomic mass is 16.5. The molecule has 2 aromatic rings. The fourth-order valence-corrected chi connectivity index (χ4v) is 3.26. The monoisotopic (exact) mass is 326 g/mol. The van der Waals surface area contributed by atoms with Gasteiger partial charge in [0.2, 0.25) is 5.91 Å². The Morgan fingerprint density at radius 3 is 2.88 bits per heavy atom. The number of aromatic nitrogens is 1. The Hall–Kier alpha value is -2.40. The lowest BCUT2D eigenvalue weighted by Gasteiger charge is -2.16. The van der Waals surface area contributed by atoms with Gasteiger partial charge in [-0.1, -0.05) is 18.2 Å². The van der Waals surface area contributed by atoms with Crippen LogP contribution >= 0.6 is 0 Å². The van der Waals surface area contributed by atoms with Gasteiger partial charge in [-0.2, -0.15) is 0 Å². The maximum Gasteiger partial charge on any atom is 0.227 e. The van der Waals surface area contributed by atoms with Gasteiger partial charge in [-0.15, -0.1) is 0 Å². The first-order valence-corrected chi connectivity index (χ1v) is 8.13. The van der Waals surface area contributed by atoms with Crippen molar-refractivity contribution in [2.45, 2.75) is 12.3 Å². The van der Waals surface area contributed by atoms with Gasteiger partial charge in [0.25, 0.3) is 0 Å². The quantitative estimate of drug-likeness (QED) is 0.911. The second-order valence-corrected chi connectivity index (χ2v) is 6.13. The van der Waals surface area contributed by atoms with Crippen molar-refractivity contribution >= 4 is 5.91 Å². The average Bonchev–Trinajstić information content (AvgIpc) is 3.07. The molecule has 2 heterocycles. The minimum atomic E-state index is 0.0363. The molecule has 0 spiro atoms. The number of rotatable bonds is 5. The molecular formula is C19H22N2O3. The number of benzene rings is 1. The van der Waals surface area contributed by atoms with Gasteiger partial charge in [-0.25, -0.2) is 0 Å². The smallest absolute Gasteiger partial charge is 0.227 e. The molecule has 1 aliphatic heterocycles. The number of pyridine rings is 1. The molecule has 1 saturated heterocycles. The van der Waals surface area contributed by atoms with Crippen LogP contribution in [0.3, 0.4) is 0 Å². The predicted molar refractivity (Wildman–Crippen MR) is 90.8 cm³/mol. The molecule has 0 saturated carbocycles. The van der Waals surface area contributed by atoms with Crippen molar-refractivity contribution in [3.05, 3.63) is 59.9 Å². The van der Waals surface area contributed by atoms with Crippen LogP contribution in [0.5, 0.6) is 5.75 Å². The number of aliphatic hydroxyl groups is 1. The Balaban J connectivity index is 1.69. The van der Waals surface area contributed by atoms with Crippen molar-refractivity contribution in [3.63, 3.8) is 0 Å². The van der Waals surface area contributed by atoms with E-state index in [2.05, 4.69) is 4.98 Å². The summed E-state index contributed by atoms with van der Waals surface area (Å²) >= 11 is 0. The van der Waals surface area contributed by atoms with Gasteiger partial charge in [0, 0.05) is 43.4 Å². The topological polar surface area (TPSA) is 62.7 Å². The highest BCUT2D eigenvalue weighted by Gasteiger charge is 2.36. The molecular weight excluding hydrogens is 304 g/mol. The Morgan fingerprint density at radius 2 is 2.17 bits per heavy atom. The highest BCUT2D eigenvalue weighted by Crippen LogP contribution is 2.31. The molecule has 0 radical (unpaired) electrons. The molecule has 3 rings (SSSR count). The summed E-state index contributed by atoms with van der Waals surface area (Å²) in [6.45, 7) is 1.23. The third-order valence-corrected chi connectivity index (χ3v) is 4.59. The van der Waals surface area contributed by atoms with E-state index < -0.39 is 0 Å². The second-order valence-electron chi connectivity index (χ2n) is 6.13. The van der Waals surface area contributed by atoms with Crippen LogP contribution in [0.2, 0.25) is 0 Å². The lowest BCUT2D eigenvalue weighted by Crippen LogP contribution is -2.30. The van der Waals surface area contributed by atoms with E-state index in [1.165, 1.54) is 0 Å². The Morgan fingerprint density at radius 1 is 1.29 bits per heavy atom. The summed E-state index contributed by atoms with van der Waals surface area (Å²) in [6.07, 6.45) is 2.09. The van der Waals surface area contributed by atoms with E-state index in [0.717, 1.165) is 17.0 Å². The van der Waals surface area contributed by atoms with E-state index in [1.807, 2.05) is 47.4 Å². The number of nitrogens with zero attached hydrogens (tertiary/aromatic N) is 2. The molecule has 1 fully saturated rings. The summed E-state index contributed by atoms with van der Waals surface area (Å²) in [5, 5.41) is 9.67. The third kappa shape index (κ3) is 3.57. The SMILES string of the molecule is COc1cccc(CC(=O)N2C[C@@H](CO)[C@H](c3ccccn3)C2)c1. The number of carbonyl (C=O) groups excluding carboxylic acids is 1. The van der Waals surface area contributed by atoms with Gasteiger partial charge < -0.3 is 14.7 Å². The third-order valence-electron chi connectivity index (χ3n) is 4.59. The zero-order valence-electron chi connectivity index (χ0n) is 13.8. The maximum atomic E-state index is 12.6. The Kier molecular flexibility index (Phi) is 5.11. The zero-order chi connectivity index (χ0) is 16.9. The van der Waals surface area contributed by atoms with Crippen molar-refractivity contribution in [2.75, 3.05) is 26.8 Å². The molecule has 1 aromatic carbocycles. The molecule has 1 aromatic heterocycles. The van der Waals surface area contributed by atoms with Crippen LogP contribution in [-0.4, -0.2) is 47.7 Å². The summed E-state index contributed by atoms with van der Waals surface area (Å²) < 4.78 is 5.21. The van der Waals surface area contributed by atoms with E-state index in [4.69, 9.17) is 4.74 Å². The second kappa shape index (κ2) is 7.45. The first kappa shape index (κ1) is 16.5. The van der Waals surface area contributed by atoms with E-state index in [1.54, 1.807) is 13.3 Å². The van der Waals surface area contributed by atoms with E-state index in [0.29, 0.717) is 19.5 Å². The van der Waals surface area contributed by atoms with Crippen molar-refractivity contribution in [1.82, 2.24) is 9.88 Å². The van der Waals surface area contributed by atoms with Gasteiger partial charge in [0.1, 0.15) is 5.75 Å².